The van der Waals surface area contributed by atoms with Crippen molar-refractivity contribution in [2.24, 2.45) is 5.73 Å². The summed E-state index contributed by atoms with van der Waals surface area (Å²) < 4.78 is 0. The number of carbonyl (C=O) groups excluding carboxylic acids is 2. The molecule has 0 spiro atoms. The molecule has 2 aromatic carbocycles. The Bertz CT molecular complexity index is 1410. The van der Waals surface area contributed by atoms with Gasteiger partial charge in [0.15, 0.2) is 5.82 Å². The van der Waals surface area contributed by atoms with Crippen LogP contribution in [-0.2, 0) is 16.1 Å². The number of anilines is 4. The lowest BCUT2D eigenvalue weighted by Gasteiger charge is -2.37. The molecule has 10 nitrogen and oxygen atoms in total. The minimum atomic E-state index is -0.435. The topological polar surface area (TPSA) is 151 Å². The Balaban J connectivity index is 1.21. The Morgan fingerprint density at radius 2 is 1.98 bits per heavy atom. The van der Waals surface area contributed by atoms with E-state index in [1.54, 1.807) is 6.20 Å². The van der Waals surface area contributed by atoms with Crippen molar-refractivity contribution in [3.8, 4) is 0 Å². The van der Waals surface area contributed by atoms with Crippen LogP contribution in [0, 0.1) is 0 Å². The van der Waals surface area contributed by atoms with Crippen LogP contribution in [0.15, 0.2) is 58.6 Å². The number of hydrogen-bond acceptors (Lipinski definition) is 10. The van der Waals surface area contributed by atoms with Gasteiger partial charge in [0.05, 0.1) is 16.9 Å². The zero-order valence-corrected chi connectivity index (χ0v) is 23.8. The summed E-state index contributed by atoms with van der Waals surface area (Å²) in [5.41, 5.74) is 15.0. The minimum Gasteiger partial charge on any atom is -0.381 e. The van der Waals surface area contributed by atoms with Gasteiger partial charge in [-0.2, -0.15) is 0 Å². The van der Waals surface area contributed by atoms with Gasteiger partial charge < -0.3 is 27.0 Å². The highest BCUT2D eigenvalue weighted by Gasteiger charge is 2.27. The molecule has 2 amide bonds. The van der Waals surface area contributed by atoms with Crippen molar-refractivity contribution < 1.29 is 9.59 Å². The van der Waals surface area contributed by atoms with Crippen molar-refractivity contribution in [1.82, 2.24) is 15.3 Å². The number of hydrogen-bond donors (Lipinski definition) is 5. The molecule has 3 heterocycles. The lowest BCUT2D eigenvalue weighted by Crippen LogP contribution is -2.48. The van der Waals surface area contributed by atoms with Gasteiger partial charge in [-0.05, 0) is 56.0 Å². The number of piperidine rings is 2. The van der Waals surface area contributed by atoms with Crippen LogP contribution in [0.2, 0.25) is 5.02 Å². The van der Waals surface area contributed by atoms with Gasteiger partial charge in [0.25, 0.3) is 0 Å². The highest BCUT2D eigenvalue weighted by Crippen LogP contribution is 2.39. The van der Waals surface area contributed by atoms with Crippen molar-refractivity contribution in [1.29, 1.82) is 0 Å². The van der Waals surface area contributed by atoms with Crippen LogP contribution in [0.4, 0.5) is 23.0 Å². The maximum Gasteiger partial charge on any atom is 0.249 e. The summed E-state index contributed by atoms with van der Waals surface area (Å²) in [7, 11) is 0. The molecule has 2 aliphatic rings. The number of carbonyl (C=O) groups is 2. The standard InChI is InChI=1S/C28H33ClN8O2S/c1-28(31)10-12-37(13-11-28)22-16-33-27(25(30)35-22)40-21-7-3-6-19(24(21)29)32-15-17-4-2-5-18(14-17)34-20-8-9-23(38)36-26(20)39/h2-7,14,16,20,32,34H,8-13,15,31H2,1H3,(H2,30,35)(H,36,38,39). The van der Waals surface area contributed by atoms with E-state index in [0.29, 0.717) is 35.3 Å². The molecule has 0 bridgehead atoms. The Labute approximate surface area is 242 Å². The normalized spacial score (nSPS) is 18.8. The molecule has 7 N–H and O–H groups in total. The van der Waals surface area contributed by atoms with E-state index in [9.17, 15) is 9.59 Å². The summed E-state index contributed by atoms with van der Waals surface area (Å²) in [6.45, 7) is 4.24. The number of halogens is 1. The number of nitrogens with one attached hydrogen (secondary N) is 3. The summed E-state index contributed by atoms with van der Waals surface area (Å²) >= 11 is 8.14. The van der Waals surface area contributed by atoms with E-state index in [-0.39, 0.29) is 17.4 Å². The Morgan fingerprint density at radius 3 is 2.73 bits per heavy atom. The van der Waals surface area contributed by atoms with Gasteiger partial charge in [-0.3, -0.25) is 14.9 Å². The van der Waals surface area contributed by atoms with Crippen molar-refractivity contribution >= 4 is 58.2 Å². The Kier molecular flexibility index (Phi) is 8.34. The van der Waals surface area contributed by atoms with Crippen LogP contribution in [-0.4, -0.2) is 46.5 Å². The van der Waals surface area contributed by atoms with Crippen LogP contribution in [0.1, 0.15) is 38.2 Å². The molecular weight excluding hydrogens is 548 g/mol. The molecule has 3 aromatic rings. The van der Waals surface area contributed by atoms with Gasteiger partial charge in [0.2, 0.25) is 11.8 Å². The fourth-order valence-corrected chi connectivity index (χ4v) is 5.81. The SMILES string of the molecule is CC1(N)CCN(c2cnc(Sc3cccc(NCc4cccc(NC5CCC(=O)NC5=O)c4)c3Cl)c(N)n2)CC1. The van der Waals surface area contributed by atoms with Gasteiger partial charge in [-0.15, -0.1) is 0 Å². The first-order valence-electron chi connectivity index (χ1n) is 13.2. The molecule has 2 fully saturated rings. The van der Waals surface area contributed by atoms with Gasteiger partial charge in [-0.25, -0.2) is 9.97 Å². The van der Waals surface area contributed by atoms with Crippen LogP contribution < -0.4 is 32.3 Å². The third kappa shape index (κ3) is 6.78. The van der Waals surface area contributed by atoms with E-state index in [1.807, 2.05) is 42.5 Å². The fourth-order valence-electron chi connectivity index (χ4n) is 4.69. The van der Waals surface area contributed by atoms with Crippen molar-refractivity contribution in [2.45, 2.75) is 60.7 Å². The summed E-state index contributed by atoms with van der Waals surface area (Å²) in [6.07, 6.45) is 4.33. The average Bonchev–Trinajstić information content (AvgIpc) is 2.92. The molecule has 0 saturated carbocycles. The number of benzene rings is 2. The van der Waals surface area contributed by atoms with E-state index in [4.69, 9.17) is 23.1 Å². The third-order valence-electron chi connectivity index (χ3n) is 7.14. The van der Waals surface area contributed by atoms with Gasteiger partial charge in [0, 0.05) is 42.2 Å². The first-order chi connectivity index (χ1) is 19.2. The lowest BCUT2D eigenvalue weighted by molar-refractivity contribution is -0.133. The number of nitrogens with zero attached hydrogens (tertiary/aromatic N) is 3. The predicted molar refractivity (Wildman–Crippen MR) is 160 cm³/mol. The first kappa shape index (κ1) is 28.0. The van der Waals surface area contributed by atoms with Gasteiger partial charge in [0.1, 0.15) is 16.9 Å². The van der Waals surface area contributed by atoms with E-state index in [2.05, 4.69) is 37.7 Å². The van der Waals surface area contributed by atoms with Crippen molar-refractivity contribution in [3.63, 3.8) is 0 Å². The maximum atomic E-state index is 12.1. The molecule has 0 aliphatic carbocycles. The second-order valence-corrected chi connectivity index (χ2v) is 11.9. The second kappa shape index (κ2) is 11.9. The van der Waals surface area contributed by atoms with Crippen LogP contribution in [0.25, 0.3) is 0 Å². The molecule has 1 aromatic heterocycles. The highest BCUT2D eigenvalue weighted by atomic mass is 35.5. The van der Waals surface area contributed by atoms with Crippen molar-refractivity contribution in [3.05, 3.63) is 59.2 Å². The quantitative estimate of drug-likeness (QED) is 0.247. The zero-order chi connectivity index (χ0) is 28.3. The van der Waals surface area contributed by atoms with Crippen LogP contribution in [0.3, 0.4) is 0 Å². The third-order valence-corrected chi connectivity index (χ3v) is 8.73. The predicted octanol–water partition coefficient (Wildman–Crippen LogP) is 4.01. The van der Waals surface area contributed by atoms with Crippen molar-refractivity contribution in [2.75, 3.05) is 34.4 Å². The molecule has 0 radical (unpaired) electrons. The van der Waals surface area contributed by atoms with Crippen LogP contribution in [0.5, 0.6) is 0 Å². The lowest BCUT2D eigenvalue weighted by atomic mass is 9.91. The smallest absolute Gasteiger partial charge is 0.249 e. The van der Waals surface area contributed by atoms with Gasteiger partial charge in [-0.1, -0.05) is 41.6 Å². The first-order valence-corrected chi connectivity index (χ1v) is 14.4. The molecule has 5 rings (SSSR count). The summed E-state index contributed by atoms with van der Waals surface area (Å²) in [6, 6.07) is 13.1. The number of imide groups is 1. The van der Waals surface area contributed by atoms with Crippen LogP contribution >= 0.6 is 23.4 Å². The Morgan fingerprint density at radius 1 is 1.20 bits per heavy atom. The zero-order valence-electron chi connectivity index (χ0n) is 22.2. The molecule has 2 aliphatic heterocycles. The molecule has 2 saturated heterocycles. The van der Waals surface area contributed by atoms with E-state index in [0.717, 1.165) is 53.6 Å². The van der Waals surface area contributed by atoms with E-state index in [1.165, 1.54) is 11.8 Å². The van der Waals surface area contributed by atoms with Gasteiger partial charge >= 0.3 is 0 Å². The maximum absolute atomic E-state index is 12.1. The largest absolute Gasteiger partial charge is 0.381 e. The van der Waals surface area contributed by atoms with E-state index >= 15 is 0 Å². The number of nitrogen functional groups attached to an aromatic ring is 1. The highest BCUT2D eigenvalue weighted by molar-refractivity contribution is 7.99. The molecule has 12 heteroatoms. The molecular formula is C28H33ClN8O2S. The summed E-state index contributed by atoms with van der Waals surface area (Å²) in [4.78, 5) is 35.7. The number of rotatable bonds is 8. The fraction of sp³-hybridized carbons (Fsp3) is 0.357. The Hall–Kier alpha value is -3.54. The molecule has 210 valence electrons. The monoisotopic (exact) mass is 580 g/mol. The number of nitrogens with two attached hydrogens (primary N) is 2. The molecule has 1 unspecified atom stereocenters. The summed E-state index contributed by atoms with van der Waals surface area (Å²) in [5.74, 6) is 0.584. The number of amides is 2. The number of aromatic nitrogens is 2. The summed E-state index contributed by atoms with van der Waals surface area (Å²) in [5, 5.41) is 10.1. The molecule has 1 atom stereocenters. The molecule has 40 heavy (non-hydrogen) atoms. The second-order valence-electron chi connectivity index (χ2n) is 10.5. The minimum absolute atomic E-state index is 0.142. The van der Waals surface area contributed by atoms with E-state index < -0.39 is 6.04 Å². The average molecular weight is 581 g/mol.